The zero-order chi connectivity index (χ0) is 10.6. The molecule has 0 heterocycles. The minimum Gasteiger partial charge on any atom is -0.369 e. The number of hydrazine groups is 1. The molecule has 1 aromatic rings. The van der Waals surface area contributed by atoms with Crippen LogP contribution in [0.3, 0.4) is 0 Å². The summed E-state index contributed by atoms with van der Waals surface area (Å²) in [5.74, 6) is 5.35. The van der Waals surface area contributed by atoms with Crippen molar-refractivity contribution in [1.29, 1.82) is 0 Å². The zero-order valence-corrected chi connectivity index (χ0v) is 9.45. The van der Waals surface area contributed by atoms with E-state index >= 15 is 0 Å². The summed E-state index contributed by atoms with van der Waals surface area (Å²) < 4.78 is 1.01. The average Bonchev–Trinajstić information content (AvgIpc) is 2.18. The van der Waals surface area contributed by atoms with Gasteiger partial charge in [0.15, 0.2) is 0 Å². The second-order valence-electron chi connectivity index (χ2n) is 2.86. The second kappa shape index (κ2) is 4.97. The molecular weight excluding hydrogens is 244 g/mol. The summed E-state index contributed by atoms with van der Waals surface area (Å²) in [6.07, 6.45) is 0. The van der Waals surface area contributed by atoms with Crippen molar-refractivity contribution in [2.75, 3.05) is 0 Å². The van der Waals surface area contributed by atoms with Crippen LogP contribution in [0.1, 0.15) is 18.5 Å². The number of nitrogens with two attached hydrogens (primary N) is 2. The number of hydrogen-bond donors (Lipinski definition) is 3. The molecule has 0 amide bonds. The van der Waals surface area contributed by atoms with Gasteiger partial charge in [-0.1, -0.05) is 34.1 Å². The molecule has 5 N–H and O–H groups in total. The molecular formula is C9H13BrN4. The number of hydrogen-bond acceptors (Lipinski definition) is 2. The first-order valence-corrected chi connectivity index (χ1v) is 4.98. The van der Waals surface area contributed by atoms with E-state index in [1.165, 1.54) is 0 Å². The van der Waals surface area contributed by atoms with Crippen molar-refractivity contribution in [1.82, 2.24) is 5.43 Å². The first kappa shape index (κ1) is 11.0. The normalized spacial score (nSPS) is 13.8. The largest absolute Gasteiger partial charge is 0.369 e. The van der Waals surface area contributed by atoms with Crippen molar-refractivity contribution in [2.24, 2.45) is 16.6 Å². The lowest BCUT2D eigenvalue weighted by atomic mass is 10.1. The maximum Gasteiger partial charge on any atom is 0.203 e. The molecule has 0 saturated heterocycles. The SMILES string of the molecule is C[C@H](N=C(N)NN)c1ccccc1Br. The molecule has 0 radical (unpaired) electrons. The number of halogens is 1. The van der Waals surface area contributed by atoms with Gasteiger partial charge in [0, 0.05) is 4.47 Å². The van der Waals surface area contributed by atoms with Gasteiger partial charge in [0.25, 0.3) is 0 Å². The van der Waals surface area contributed by atoms with Crippen molar-refractivity contribution in [3.63, 3.8) is 0 Å². The van der Waals surface area contributed by atoms with Gasteiger partial charge in [0.2, 0.25) is 5.96 Å². The predicted octanol–water partition coefficient (Wildman–Crippen LogP) is 1.29. The number of nitrogens with one attached hydrogen (secondary N) is 1. The average molecular weight is 257 g/mol. The van der Waals surface area contributed by atoms with Crippen LogP contribution in [0.15, 0.2) is 33.7 Å². The van der Waals surface area contributed by atoms with Gasteiger partial charge in [0.05, 0.1) is 6.04 Å². The summed E-state index contributed by atoms with van der Waals surface area (Å²) in [6.45, 7) is 1.95. The Morgan fingerprint density at radius 1 is 1.50 bits per heavy atom. The van der Waals surface area contributed by atoms with E-state index in [4.69, 9.17) is 11.6 Å². The topological polar surface area (TPSA) is 76.4 Å². The fraction of sp³-hybridized carbons (Fsp3) is 0.222. The molecule has 0 aliphatic heterocycles. The van der Waals surface area contributed by atoms with E-state index in [1.807, 2.05) is 31.2 Å². The Kier molecular flexibility index (Phi) is 3.91. The number of aliphatic imine (C=N–C) groups is 1. The highest BCUT2D eigenvalue weighted by Gasteiger charge is 2.06. The van der Waals surface area contributed by atoms with Crippen LogP contribution in [0.4, 0.5) is 0 Å². The molecule has 0 spiro atoms. The highest BCUT2D eigenvalue weighted by Crippen LogP contribution is 2.24. The third kappa shape index (κ3) is 2.71. The van der Waals surface area contributed by atoms with E-state index in [2.05, 4.69) is 26.3 Å². The van der Waals surface area contributed by atoms with Crippen LogP contribution in [-0.4, -0.2) is 5.96 Å². The fourth-order valence-corrected chi connectivity index (χ4v) is 1.75. The van der Waals surface area contributed by atoms with Crippen LogP contribution in [0.25, 0.3) is 0 Å². The molecule has 5 heteroatoms. The standard InChI is InChI=1S/C9H13BrN4/c1-6(13-9(11)14-12)7-4-2-3-5-8(7)10/h2-6H,12H2,1H3,(H3,11,13,14)/t6-/m0/s1. The van der Waals surface area contributed by atoms with Crippen LogP contribution in [-0.2, 0) is 0 Å². The summed E-state index contributed by atoms with van der Waals surface area (Å²) in [7, 11) is 0. The third-order valence-electron chi connectivity index (χ3n) is 1.84. The number of rotatable bonds is 2. The Morgan fingerprint density at radius 3 is 2.71 bits per heavy atom. The Labute approximate surface area is 91.5 Å². The molecule has 0 fully saturated rings. The smallest absolute Gasteiger partial charge is 0.203 e. The Morgan fingerprint density at radius 2 is 2.14 bits per heavy atom. The molecule has 0 unspecified atom stereocenters. The monoisotopic (exact) mass is 256 g/mol. The maximum absolute atomic E-state index is 5.46. The zero-order valence-electron chi connectivity index (χ0n) is 7.87. The van der Waals surface area contributed by atoms with Gasteiger partial charge in [0.1, 0.15) is 0 Å². The summed E-state index contributed by atoms with van der Waals surface area (Å²) in [6, 6.07) is 7.84. The second-order valence-corrected chi connectivity index (χ2v) is 3.71. The van der Waals surface area contributed by atoms with Crippen LogP contribution < -0.4 is 17.0 Å². The van der Waals surface area contributed by atoms with Gasteiger partial charge in [-0.25, -0.2) is 10.8 Å². The van der Waals surface area contributed by atoms with Crippen LogP contribution in [0.5, 0.6) is 0 Å². The molecule has 0 aromatic heterocycles. The van der Waals surface area contributed by atoms with Crippen molar-refractivity contribution in [3.8, 4) is 0 Å². The predicted molar refractivity (Wildman–Crippen MR) is 61.5 cm³/mol. The van der Waals surface area contributed by atoms with Gasteiger partial charge >= 0.3 is 0 Å². The van der Waals surface area contributed by atoms with E-state index in [1.54, 1.807) is 0 Å². The van der Waals surface area contributed by atoms with Gasteiger partial charge < -0.3 is 5.73 Å². The van der Waals surface area contributed by atoms with Crippen molar-refractivity contribution in [3.05, 3.63) is 34.3 Å². The van der Waals surface area contributed by atoms with Crippen LogP contribution in [0, 0.1) is 0 Å². The molecule has 1 atom stereocenters. The molecule has 76 valence electrons. The van der Waals surface area contributed by atoms with Gasteiger partial charge in [-0.15, -0.1) is 0 Å². The Bertz CT molecular complexity index is 337. The fourth-order valence-electron chi connectivity index (χ4n) is 1.13. The molecule has 1 rings (SSSR count). The first-order chi connectivity index (χ1) is 6.65. The molecule has 0 aliphatic rings. The minimum absolute atomic E-state index is 0.0263. The summed E-state index contributed by atoms with van der Waals surface area (Å²) >= 11 is 3.45. The van der Waals surface area contributed by atoms with E-state index in [0.717, 1.165) is 10.0 Å². The number of guanidine groups is 1. The summed E-state index contributed by atoms with van der Waals surface area (Å²) in [4.78, 5) is 4.15. The summed E-state index contributed by atoms with van der Waals surface area (Å²) in [5.41, 5.74) is 8.83. The Balaban J connectivity index is 2.90. The van der Waals surface area contributed by atoms with Gasteiger partial charge in [-0.2, -0.15) is 0 Å². The van der Waals surface area contributed by atoms with Crippen molar-refractivity contribution in [2.45, 2.75) is 13.0 Å². The lowest BCUT2D eigenvalue weighted by molar-refractivity contribution is 0.797. The minimum atomic E-state index is -0.0263. The van der Waals surface area contributed by atoms with Crippen molar-refractivity contribution >= 4 is 21.9 Å². The van der Waals surface area contributed by atoms with E-state index < -0.39 is 0 Å². The third-order valence-corrected chi connectivity index (χ3v) is 2.56. The molecule has 0 bridgehead atoms. The van der Waals surface area contributed by atoms with Crippen LogP contribution >= 0.6 is 15.9 Å². The number of nitrogens with zero attached hydrogens (tertiary/aromatic N) is 1. The quantitative estimate of drug-likeness (QED) is 0.323. The molecule has 0 saturated carbocycles. The van der Waals surface area contributed by atoms with Crippen molar-refractivity contribution < 1.29 is 0 Å². The molecule has 4 nitrogen and oxygen atoms in total. The highest BCUT2D eigenvalue weighted by atomic mass is 79.9. The maximum atomic E-state index is 5.46. The van der Waals surface area contributed by atoms with E-state index in [0.29, 0.717) is 0 Å². The van der Waals surface area contributed by atoms with E-state index in [-0.39, 0.29) is 12.0 Å². The molecule has 14 heavy (non-hydrogen) atoms. The van der Waals surface area contributed by atoms with E-state index in [9.17, 15) is 0 Å². The van der Waals surface area contributed by atoms with Gasteiger partial charge in [-0.05, 0) is 18.6 Å². The van der Waals surface area contributed by atoms with Gasteiger partial charge in [-0.3, -0.25) is 5.43 Å². The molecule has 1 aromatic carbocycles. The highest BCUT2D eigenvalue weighted by molar-refractivity contribution is 9.10. The first-order valence-electron chi connectivity index (χ1n) is 4.19. The number of benzene rings is 1. The summed E-state index contributed by atoms with van der Waals surface area (Å²) in [5, 5.41) is 0. The van der Waals surface area contributed by atoms with Crippen LogP contribution in [0.2, 0.25) is 0 Å². The lowest BCUT2D eigenvalue weighted by Gasteiger charge is -2.09. The Hall–Kier alpha value is -1.07. The lowest BCUT2D eigenvalue weighted by Crippen LogP contribution is -2.37. The molecule has 0 aliphatic carbocycles.